The van der Waals surface area contributed by atoms with E-state index in [-0.39, 0.29) is 24.2 Å². The zero-order valence-corrected chi connectivity index (χ0v) is 15.5. The highest BCUT2D eigenvalue weighted by atomic mass is 19.4. The summed E-state index contributed by atoms with van der Waals surface area (Å²) in [6.07, 6.45) is -4.63. The number of carbonyl (C=O) groups excluding carboxylic acids is 1. The van der Waals surface area contributed by atoms with Gasteiger partial charge in [-0.1, -0.05) is 12.1 Å². The molecular formula is C21H18F4N2O2. The van der Waals surface area contributed by atoms with Crippen molar-refractivity contribution in [2.45, 2.75) is 20.0 Å². The lowest BCUT2D eigenvalue weighted by molar-refractivity contribution is -0.137. The van der Waals surface area contributed by atoms with E-state index >= 15 is 0 Å². The predicted molar refractivity (Wildman–Crippen MR) is 102 cm³/mol. The van der Waals surface area contributed by atoms with Crippen molar-refractivity contribution in [1.82, 2.24) is 4.98 Å². The summed E-state index contributed by atoms with van der Waals surface area (Å²) in [5.41, 5.74) is 0.434. The van der Waals surface area contributed by atoms with Crippen LogP contribution in [0.1, 0.15) is 28.6 Å². The number of pyridine rings is 1. The van der Waals surface area contributed by atoms with Crippen molar-refractivity contribution in [3.05, 3.63) is 82.9 Å². The van der Waals surface area contributed by atoms with Gasteiger partial charge in [-0.25, -0.2) is 4.98 Å². The summed E-state index contributed by atoms with van der Waals surface area (Å²) < 4.78 is 58.2. The zero-order chi connectivity index (χ0) is 21.2. The quantitative estimate of drug-likeness (QED) is 0.418. The Bertz CT molecular complexity index is 1070. The Labute approximate surface area is 165 Å². The molecule has 0 fully saturated rings. The average molecular weight is 406 g/mol. The second-order valence-electron chi connectivity index (χ2n) is 6.35. The highest BCUT2D eigenvalue weighted by molar-refractivity contribution is 6.06. The summed E-state index contributed by atoms with van der Waals surface area (Å²) in [6.45, 7) is 3.28. The molecule has 152 valence electrons. The number of nitrogens with one attached hydrogen (secondary N) is 1. The minimum atomic E-state index is -4.63. The predicted octanol–water partition coefficient (Wildman–Crippen LogP) is 6.15. The molecule has 1 amide bonds. The van der Waals surface area contributed by atoms with Gasteiger partial charge in [-0.15, -0.1) is 0 Å². The van der Waals surface area contributed by atoms with E-state index in [1.807, 2.05) is 13.0 Å². The topological polar surface area (TPSA) is 51.2 Å². The Balaban J connectivity index is 0.00000320. The number of alkyl halides is 3. The summed E-state index contributed by atoms with van der Waals surface area (Å²) >= 11 is 0. The minimum absolute atomic E-state index is 0. The van der Waals surface area contributed by atoms with E-state index in [4.69, 9.17) is 4.74 Å². The fourth-order valence-corrected chi connectivity index (χ4v) is 2.64. The molecule has 0 unspecified atom stereocenters. The van der Waals surface area contributed by atoms with E-state index in [1.165, 1.54) is 13.0 Å². The van der Waals surface area contributed by atoms with Crippen molar-refractivity contribution in [3.8, 4) is 11.5 Å². The van der Waals surface area contributed by atoms with Crippen LogP contribution in [0.25, 0.3) is 0 Å². The smallest absolute Gasteiger partial charge is 0.416 e. The number of anilines is 1. The zero-order valence-electron chi connectivity index (χ0n) is 15.5. The van der Waals surface area contributed by atoms with Crippen LogP contribution in [0.4, 0.5) is 23.2 Å². The molecule has 0 aliphatic carbocycles. The Morgan fingerprint density at radius 3 is 2.45 bits per heavy atom. The maximum atomic E-state index is 13.2. The first kappa shape index (κ1) is 20.3. The van der Waals surface area contributed by atoms with Gasteiger partial charge in [-0.2, -0.15) is 17.6 Å². The van der Waals surface area contributed by atoms with Gasteiger partial charge in [0.15, 0.2) is 0 Å². The first-order chi connectivity index (χ1) is 13.6. The normalized spacial score (nSPS) is 11.2. The van der Waals surface area contributed by atoms with Crippen molar-refractivity contribution in [2.24, 2.45) is 0 Å². The van der Waals surface area contributed by atoms with Crippen molar-refractivity contribution in [1.29, 1.82) is 0 Å². The standard InChI is InChI=1S/C21H16F4N2O2.H2/c1-12-4-3-5-15(10-12)27-20(28)16-7-6-14(21(23,24)25)11-18(16)29-17-8-9-19(22)26-13(17)2;/h3-11H,1-2H3,(H,27,28);1H. The number of hydrogen-bond donors (Lipinski definition) is 1. The summed E-state index contributed by atoms with van der Waals surface area (Å²) in [4.78, 5) is 16.3. The van der Waals surface area contributed by atoms with Crippen LogP contribution < -0.4 is 10.1 Å². The molecule has 0 saturated heterocycles. The molecule has 0 aliphatic heterocycles. The number of hydrogen-bond acceptors (Lipinski definition) is 3. The molecule has 0 spiro atoms. The second-order valence-corrected chi connectivity index (χ2v) is 6.35. The average Bonchev–Trinajstić information content (AvgIpc) is 2.63. The number of rotatable bonds is 4. The summed E-state index contributed by atoms with van der Waals surface area (Å²) in [6, 6.07) is 11.8. The van der Waals surface area contributed by atoms with Crippen molar-refractivity contribution in [3.63, 3.8) is 0 Å². The first-order valence-corrected chi connectivity index (χ1v) is 8.54. The van der Waals surface area contributed by atoms with Gasteiger partial charge in [0, 0.05) is 7.11 Å². The highest BCUT2D eigenvalue weighted by Gasteiger charge is 2.32. The van der Waals surface area contributed by atoms with Gasteiger partial charge < -0.3 is 10.1 Å². The number of carbonyl (C=O) groups is 1. The van der Waals surface area contributed by atoms with Crippen LogP contribution in [0.5, 0.6) is 11.5 Å². The van der Waals surface area contributed by atoms with Gasteiger partial charge in [-0.3, -0.25) is 4.79 Å². The molecule has 1 aromatic heterocycles. The van der Waals surface area contributed by atoms with E-state index in [0.717, 1.165) is 29.8 Å². The first-order valence-electron chi connectivity index (χ1n) is 8.54. The van der Waals surface area contributed by atoms with Crippen molar-refractivity contribution < 1.29 is 28.5 Å². The molecule has 0 radical (unpaired) electrons. The van der Waals surface area contributed by atoms with Crippen LogP contribution in [0.15, 0.2) is 54.6 Å². The van der Waals surface area contributed by atoms with Crippen LogP contribution in [0.2, 0.25) is 0 Å². The van der Waals surface area contributed by atoms with Crippen molar-refractivity contribution in [2.75, 3.05) is 5.32 Å². The number of halogens is 4. The van der Waals surface area contributed by atoms with E-state index in [1.54, 1.807) is 18.2 Å². The lowest BCUT2D eigenvalue weighted by atomic mass is 10.1. The van der Waals surface area contributed by atoms with E-state index < -0.39 is 23.6 Å². The summed E-state index contributed by atoms with van der Waals surface area (Å²) in [7, 11) is 0. The van der Waals surface area contributed by atoms with Crippen LogP contribution in [0, 0.1) is 19.8 Å². The number of amides is 1. The number of benzene rings is 2. The lowest BCUT2D eigenvalue weighted by Gasteiger charge is -2.15. The molecule has 1 heterocycles. The molecular weight excluding hydrogens is 388 g/mol. The molecule has 2 aromatic carbocycles. The highest BCUT2D eigenvalue weighted by Crippen LogP contribution is 2.35. The van der Waals surface area contributed by atoms with E-state index in [2.05, 4.69) is 10.3 Å². The molecule has 0 saturated carbocycles. The van der Waals surface area contributed by atoms with Gasteiger partial charge in [0.05, 0.1) is 16.8 Å². The van der Waals surface area contributed by atoms with Crippen LogP contribution >= 0.6 is 0 Å². The monoisotopic (exact) mass is 406 g/mol. The third-order valence-electron chi connectivity index (χ3n) is 4.05. The molecule has 29 heavy (non-hydrogen) atoms. The van der Waals surface area contributed by atoms with Gasteiger partial charge in [0.25, 0.3) is 5.91 Å². The molecule has 3 aromatic rings. The third-order valence-corrected chi connectivity index (χ3v) is 4.05. The Kier molecular flexibility index (Phi) is 5.54. The molecule has 0 bridgehead atoms. The molecule has 1 N–H and O–H groups in total. The third kappa shape index (κ3) is 4.90. The molecule has 0 aliphatic rings. The maximum absolute atomic E-state index is 13.2. The number of aryl methyl sites for hydroxylation is 2. The maximum Gasteiger partial charge on any atom is 0.416 e. The molecule has 4 nitrogen and oxygen atoms in total. The van der Waals surface area contributed by atoms with Gasteiger partial charge in [0.1, 0.15) is 11.5 Å². The Morgan fingerprint density at radius 2 is 1.79 bits per heavy atom. The summed E-state index contributed by atoms with van der Waals surface area (Å²) in [5.74, 6) is -1.68. The van der Waals surface area contributed by atoms with Crippen molar-refractivity contribution >= 4 is 11.6 Å². The number of aromatic nitrogens is 1. The van der Waals surface area contributed by atoms with E-state index in [9.17, 15) is 22.4 Å². The van der Waals surface area contributed by atoms with E-state index in [0.29, 0.717) is 5.69 Å². The number of nitrogens with zero attached hydrogens (tertiary/aromatic N) is 1. The molecule has 3 rings (SSSR count). The van der Waals surface area contributed by atoms with Crippen LogP contribution in [-0.2, 0) is 6.18 Å². The lowest BCUT2D eigenvalue weighted by Crippen LogP contribution is -2.14. The fourth-order valence-electron chi connectivity index (χ4n) is 2.64. The molecule has 0 atom stereocenters. The van der Waals surface area contributed by atoms with Gasteiger partial charge >= 0.3 is 6.18 Å². The second kappa shape index (κ2) is 7.90. The number of ether oxygens (including phenoxy) is 1. The van der Waals surface area contributed by atoms with Gasteiger partial charge in [0.2, 0.25) is 5.95 Å². The summed E-state index contributed by atoms with van der Waals surface area (Å²) in [5, 5.41) is 2.63. The Hall–Kier alpha value is -3.42. The fraction of sp³-hybridized carbons (Fsp3) is 0.143. The van der Waals surface area contributed by atoms with Crippen LogP contribution in [-0.4, -0.2) is 10.9 Å². The van der Waals surface area contributed by atoms with Gasteiger partial charge in [-0.05, 0) is 61.9 Å². The SMILES string of the molecule is Cc1cccc(NC(=O)c2ccc(C(F)(F)F)cc2Oc2ccc(F)nc2C)c1.[HH]. The largest absolute Gasteiger partial charge is 0.455 e. The minimum Gasteiger partial charge on any atom is -0.455 e. The Morgan fingerprint density at radius 1 is 1.03 bits per heavy atom. The van der Waals surface area contributed by atoms with Crippen LogP contribution in [0.3, 0.4) is 0 Å². The molecule has 8 heteroatoms.